The first-order valence-corrected chi connectivity index (χ1v) is 10.1. The molecule has 0 aliphatic carbocycles. The van der Waals surface area contributed by atoms with Crippen LogP contribution in [0.15, 0.2) is 34.0 Å². The number of nitrogens with one attached hydrogen (secondary N) is 1. The first-order chi connectivity index (χ1) is 12.2. The zero-order valence-corrected chi connectivity index (χ0v) is 16.0. The summed E-state index contributed by atoms with van der Waals surface area (Å²) in [6.07, 6.45) is 3.41. The molecule has 3 heterocycles. The number of carbonyl (C=O) groups excluding carboxylic acids is 1. The van der Waals surface area contributed by atoms with Gasteiger partial charge in [-0.3, -0.25) is 15.1 Å². The molecule has 0 saturated carbocycles. The van der Waals surface area contributed by atoms with Crippen molar-refractivity contribution in [2.24, 2.45) is 7.05 Å². The summed E-state index contributed by atoms with van der Waals surface area (Å²) in [6, 6.07) is 3.74. The SMILES string of the molecule is CCSc1nnc(NC(=O)CSc2nnc(-c3ccncc3)n2C)s1. The highest BCUT2D eigenvalue weighted by molar-refractivity contribution is 8.01. The molecule has 0 radical (unpaired) electrons. The maximum atomic E-state index is 12.1. The molecular formula is C14H15N7OS3. The number of thioether (sulfide) groups is 2. The highest BCUT2D eigenvalue weighted by Gasteiger charge is 2.14. The van der Waals surface area contributed by atoms with E-state index in [9.17, 15) is 4.79 Å². The molecule has 3 aromatic heterocycles. The predicted octanol–water partition coefficient (Wildman–Crippen LogP) is 2.57. The molecule has 25 heavy (non-hydrogen) atoms. The monoisotopic (exact) mass is 393 g/mol. The zero-order chi connectivity index (χ0) is 17.6. The summed E-state index contributed by atoms with van der Waals surface area (Å²) >= 11 is 4.29. The Hall–Kier alpha value is -1.98. The third-order valence-electron chi connectivity index (χ3n) is 3.03. The number of nitrogens with zero attached hydrogens (tertiary/aromatic N) is 6. The molecule has 0 aliphatic rings. The molecule has 0 unspecified atom stereocenters. The molecule has 8 nitrogen and oxygen atoms in total. The average Bonchev–Trinajstić information content (AvgIpc) is 3.21. The molecular weight excluding hydrogens is 378 g/mol. The van der Waals surface area contributed by atoms with Crippen molar-refractivity contribution >= 4 is 45.9 Å². The van der Waals surface area contributed by atoms with Crippen molar-refractivity contribution in [1.29, 1.82) is 0 Å². The molecule has 0 bridgehead atoms. The Kier molecular flexibility index (Phi) is 6.00. The quantitative estimate of drug-likeness (QED) is 0.483. The van der Waals surface area contributed by atoms with Gasteiger partial charge in [0.25, 0.3) is 0 Å². The molecule has 3 aromatic rings. The van der Waals surface area contributed by atoms with Gasteiger partial charge in [-0.15, -0.1) is 20.4 Å². The van der Waals surface area contributed by atoms with Crippen LogP contribution in [-0.4, -0.2) is 47.4 Å². The number of anilines is 1. The van der Waals surface area contributed by atoms with Crippen LogP contribution in [0.5, 0.6) is 0 Å². The van der Waals surface area contributed by atoms with Gasteiger partial charge in [-0.1, -0.05) is 41.8 Å². The molecule has 0 spiro atoms. The minimum atomic E-state index is -0.150. The number of amides is 1. The lowest BCUT2D eigenvalue weighted by molar-refractivity contribution is -0.113. The average molecular weight is 394 g/mol. The van der Waals surface area contributed by atoms with Crippen molar-refractivity contribution in [2.75, 3.05) is 16.8 Å². The summed E-state index contributed by atoms with van der Waals surface area (Å²) in [5.74, 6) is 1.72. The normalized spacial score (nSPS) is 10.8. The largest absolute Gasteiger partial charge is 0.305 e. The predicted molar refractivity (Wildman–Crippen MR) is 99.9 cm³/mol. The number of rotatable bonds is 7. The summed E-state index contributed by atoms with van der Waals surface area (Å²) < 4.78 is 2.70. The van der Waals surface area contributed by atoms with Gasteiger partial charge in [-0.2, -0.15) is 0 Å². The van der Waals surface area contributed by atoms with Gasteiger partial charge < -0.3 is 4.57 Å². The van der Waals surface area contributed by atoms with Crippen molar-refractivity contribution in [1.82, 2.24) is 29.9 Å². The minimum Gasteiger partial charge on any atom is -0.305 e. The van der Waals surface area contributed by atoms with E-state index >= 15 is 0 Å². The molecule has 1 N–H and O–H groups in total. The van der Waals surface area contributed by atoms with Crippen LogP contribution < -0.4 is 5.32 Å². The van der Waals surface area contributed by atoms with Crippen LogP contribution in [0.4, 0.5) is 5.13 Å². The molecule has 11 heteroatoms. The molecule has 0 atom stereocenters. The Balaban J connectivity index is 1.58. The summed E-state index contributed by atoms with van der Waals surface area (Å²) in [4.78, 5) is 16.1. The van der Waals surface area contributed by atoms with E-state index < -0.39 is 0 Å². The van der Waals surface area contributed by atoms with Gasteiger partial charge in [-0.05, 0) is 17.9 Å². The summed E-state index contributed by atoms with van der Waals surface area (Å²) in [5, 5.41) is 20.2. The van der Waals surface area contributed by atoms with E-state index in [-0.39, 0.29) is 11.7 Å². The maximum Gasteiger partial charge on any atom is 0.236 e. The Morgan fingerprint density at radius 2 is 2.00 bits per heavy atom. The number of hydrogen-bond donors (Lipinski definition) is 1. The molecule has 0 aliphatic heterocycles. The summed E-state index contributed by atoms with van der Waals surface area (Å²) in [5.41, 5.74) is 0.927. The molecule has 3 rings (SSSR count). The third kappa shape index (κ3) is 4.55. The van der Waals surface area contributed by atoms with E-state index in [1.807, 2.05) is 30.7 Å². The van der Waals surface area contributed by atoms with E-state index in [2.05, 4.69) is 30.7 Å². The second-order valence-electron chi connectivity index (χ2n) is 4.74. The molecule has 0 saturated heterocycles. The first-order valence-electron chi connectivity index (χ1n) is 7.36. The van der Waals surface area contributed by atoms with Crippen molar-refractivity contribution in [3.8, 4) is 11.4 Å². The summed E-state index contributed by atoms with van der Waals surface area (Å²) in [6.45, 7) is 2.04. The Labute approximate surface area is 156 Å². The topological polar surface area (TPSA) is 98.5 Å². The smallest absolute Gasteiger partial charge is 0.236 e. The van der Waals surface area contributed by atoms with Gasteiger partial charge in [0.05, 0.1) is 5.75 Å². The van der Waals surface area contributed by atoms with Gasteiger partial charge in [0, 0.05) is 25.0 Å². The number of carbonyl (C=O) groups is 1. The van der Waals surface area contributed by atoms with Crippen molar-refractivity contribution in [2.45, 2.75) is 16.4 Å². The van der Waals surface area contributed by atoms with Crippen molar-refractivity contribution in [3.05, 3.63) is 24.5 Å². The lowest BCUT2D eigenvalue weighted by Gasteiger charge is -2.03. The minimum absolute atomic E-state index is 0.150. The Morgan fingerprint density at radius 3 is 2.76 bits per heavy atom. The van der Waals surface area contributed by atoms with Crippen LogP contribution in [0, 0.1) is 0 Å². The van der Waals surface area contributed by atoms with E-state index in [0.717, 1.165) is 21.5 Å². The molecule has 0 fully saturated rings. The number of aromatic nitrogens is 6. The van der Waals surface area contributed by atoms with Gasteiger partial charge in [0.1, 0.15) is 0 Å². The molecule has 130 valence electrons. The Morgan fingerprint density at radius 1 is 1.20 bits per heavy atom. The summed E-state index contributed by atoms with van der Waals surface area (Å²) in [7, 11) is 1.87. The van der Waals surface area contributed by atoms with Gasteiger partial charge >= 0.3 is 0 Å². The number of pyridine rings is 1. The van der Waals surface area contributed by atoms with Crippen molar-refractivity contribution < 1.29 is 4.79 Å². The van der Waals surface area contributed by atoms with Crippen LogP contribution in [0.2, 0.25) is 0 Å². The zero-order valence-electron chi connectivity index (χ0n) is 13.5. The van der Waals surface area contributed by atoms with Crippen LogP contribution in [0.3, 0.4) is 0 Å². The van der Waals surface area contributed by atoms with E-state index in [1.54, 1.807) is 24.2 Å². The lowest BCUT2D eigenvalue weighted by atomic mass is 10.2. The second kappa shape index (κ2) is 8.41. The van der Waals surface area contributed by atoms with Crippen molar-refractivity contribution in [3.63, 3.8) is 0 Å². The van der Waals surface area contributed by atoms with Gasteiger partial charge in [-0.25, -0.2) is 0 Å². The van der Waals surface area contributed by atoms with Gasteiger partial charge in [0.2, 0.25) is 11.0 Å². The Bertz CT molecular complexity index is 849. The fourth-order valence-electron chi connectivity index (χ4n) is 1.92. The van der Waals surface area contributed by atoms with E-state index in [0.29, 0.717) is 10.3 Å². The van der Waals surface area contributed by atoms with E-state index in [4.69, 9.17) is 0 Å². The third-order valence-corrected chi connectivity index (χ3v) is 5.90. The lowest BCUT2D eigenvalue weighted by Crippen LogP contribution is -2.14. The van der Waals surface area contributed by atoms with Crippen LogP contribution in [0.25, 0.3) is 11.4 Å². The molecule has 1 amide bonds. The van der Waals surface area contributed by atoms with Gasteiger partial charge in [0.15, 0.2) is 15.3 Å². The van der Waals surface area contributed by atoms with E-state index in [1.165, 1.54) is 23.1 Å². The standard InChI is InChI=1S/C14H15N7OS3/c1-3-23-14-20-18-12(25-14)16-10(22)8-24-13-19-17-11(21(13)2)9-4-6-15-7-5-9/h4-7H,3,8H2,1-2H3,(H,16,18,22). The van der Waals surface area contributed by atoms with Crippen LogP contribution >= 0.6 is 34.9 Å². The second-order valence-corrected chi connectivity index (χ2v) is 8.18. The fourth-order valence-corrected chi connectivity index (χ4v) is 4.30. The first kappa shape index (κ1) is 17.8. The van der Waals surface area contributed by atoms with Crippen LogP contribution in [-0.2, 0) is 11.8 Å². The molecule has 0 aromatic carbocycles. The number of hydrogen-bond acceptors (Lipinski definition) is 9. The maximum absolute atomic E-state index is 12.1. The van der Waals surface area contributed by atoms with Crippen LogP contribution in [0.1, 0.15) is 6.92 Å². The highest BCUT2D eigenvalue weighted by Crippen LogP contribution is 2.26. The highest BCUT2D eigenvalue weighted by atomic mass is 32.2. The fraction of sp³-hybridized carbons (Fsp3) is 0.286.